The molecule has 0 bridgehead atoms. The van der Waals surface area contributed by atoms with Gasteiger partial charge in [0, 0.05) is 31.6 Å². The molecular formula is C27H33BrO8. The van der Waals surface area contributed by atoms with E-state index in [1.807, 2.05) is 13.0 Å². The third-order valence-corrected chi connectivity index (χ3v) is 11.1. The molecule has 0 aromatic rings. The molecule has 4 rings (SSSR count). The molecule has 0 radical (unpaired) electrons. The molecule has 3 unspecified atom stereocenters. The molecule has 0 aliphatic heterocycles. The number of rotatable bonds is 5. The van der Waals surface area contributed by atoms with Gasteiger partial charge in [0.15, 0.2) is 18.0 Å². The molecule has 196 valence electrons. The van der Waals surface area contributed by atoms with Crippen molar-refractivity contribution in [3.63, 3.8) is 0 Å². The van der Waals surface area contributed by atoms with Gasteiger partial charge in [-0.1, -0.05) is 41.4 Å². The molecule has 36 heavy (non-hydrogen) atoms. The lowest BCUT2D eigenvalue weighted by atomic mass is 9.46. The van der Waals surface area contributed by atoms with Gasteiger partial charge in [-0.3, -0.25) is 24.0 Å². The van der Waals surface area contributed by atoms with Crippen molar-refractivity contribution in [2.75, 3.05) is 6.61 Å². The Hall–Kier alpha value is -2.29. The summed E-state index contributed by atoms with van der Waals surface area (Å²) in [5.74, 6) is -2.30. The molecule has 9 heteroatoms. The van der Waals surface area contributed by atoms with E-state index in [9.17, 15) is 24.0 Å². The van der Waals surface area contributed by atoms with Gasteiger partial charge in [0.2, 0.25) is 5.78 Å². The Kier molecular flexibility index (Phi) is 6.63. The van der Waals surface area contributed by atoms with Gasteiger partial charge in [0.05, 0.1) is 4.32 Å². The maximum Gasteiger partial charge on any atom is 0.303 e. The number of fused-ring (bicyclic) bond motifs is 5. The number of ether oxygens (including phenoxy) is 3. The predicted octanol–water partition coefficient (Wildman–Crippen LogP) is 3.79. The van der Waals surface area contributed by atoms with Gasteiger partial charge in [0.1, 0.15) is 6.10 Å². The van der Waals surface area contributed by atoms with Gasteiger partial charge in [-0.15, -0.1) is 0 Å². The van der Waals surface area contributed by atoms with Crippen LogP contribution in [0, 0.1) is 22.7 Å². The Morgan fingerprint density at radius 3 is 2.33 bits per heavy atom. The molecule has 0 aromatic heterocycles. The summed E-state index contributed by atoms with van der Waals surface area (Å²) in [5, 5.41) is 0. The van der Waals surface area contributed by atoms with Crippen molar-refractivity contribution in [2.24, 2.45) is 22.7 Å². The number of ketones is 2. The summed E-state index contributed by atoms with van der Waals surface area (Å²) in [6, 6.07) is 0. The standard InChI is InChI=1S/C27H33BrO8/c1-15(29)34-14-22(33)26(36-17(3)31)11-9-20-21-7-6-18-12-19(32)8-10-24(18,4)27(21,28)23(35-16(2)30)13-25(20,26)5/h8,10,12,20-21,23H,6-7,9,11,13-14H2,1-5H3/t20?,21?,23?,24-,25-,26-,27-/m0/s1. The largest absolute Gasteiger partial charge is 0.461 e. The molecular weight excluding hydrogens is 532 g/mol. The molecule has 8 nitrogen and oxygen atoms in total. The third kappa shape index (κ3) is 3.72. The molecule has 4 aliphatic rings. The summed E-state index contributed by atoms with van der Waals surface area (Å²) in [6.07, 6.45) is 7.01. The van der Waals surface area contributed by atoms with Gasteiger partial charge >= 0.3 is 17.9 Å². The van der Waals surface area contributed by atoms with Crippen LogP contribution in [0.3, 0.4) is 0 Å². The van der Waals surface area contributed by atoms with Gasteiger partial charge in [-0.05, 0) is 56.1 Å². The number of carbonyl (C=O) groups is 5. The Labute approximate surface area is 219 Å². The van der Waals surface area contributed by atoms with E-state index in [0.717, 1.165) is 5.57 Å². The van der Waals surface area contributed by atoms with Crippen LogP contribution in [0.15, 0.2) is 23.8 Å². The van der Waals surface area contributed by atoms with Crippen molar-refractivity contribution < 1.29 is 38.2 Å². The van der Waals surface area contributed by atoms with Gasteiger partial charge in [-0.25, -0.2) is 0 Å². The van der Waals surface area contributed by atoms with Crippen molar-refractivity contribution in [1.82, 2.24) is 0 Å². The highest BCUT2D eigenvalue weighted by Gasteiger charge is 2.75. The normalized spacial score (nSPS) is 40.8. The van der Waals surface area contributed by atoms with Crippen LogP contribution in [-0.2, 0) is 38.2 Å². The maximum absolute atomic E-state index is 13.6. The molecule has 0 heterocycles. The summed E-state index contributed by atoms with van der Waals surface area (Å²) >= 11 is 4.08. The first-order valence-corrected chi connectivity index (χ1v) is 13.2. The molecule has 7 atom stereocenters. The van der Waals surface area contributed by atoms with E-state index in [1.165, 1.54) is 20.8 Å². The number of hydrogen-bond donors (Lipinski definition) is 0. The second-order valence-corrected chi connectivity index (χ2v) is 12.3. The van der Waals surface area contributed by atoms with Crippen molar-refractivity contribution in [1.29, 1.82) is 0 Å². The van der Waals surface area contributed by atoms with E-state index in [-0.39, 0.29) is 30.5 Å². The fourth-order valence-electron chi connectivity index (χ4n) is 7.70. The second kappa shape index (κ2) is 8.92. The van der Waals surface area contributed by atoms with Crippen LogP contribution in [0.2, 0.25) is 0 Å². The van der Waals surface area contributed by atoms with Crippen LogP contribution in [0.1, 0.15) is 66.7 Å². The fourth-order valence-corrected chi connectivity index (χ4v) is 8.89. The van der Waals surface area contributed by atoms with Crippen molar-refractivity contribution in [3.8, 4) is 0 Å². The first-order valence-electron chi connectivity index (χ1n) is 12.4. The topological polar surface area (TPSA) is 113 Å². The molecule has 0 saturated heterocycles. The molecule has 3 fully saturated rings. The highest BCUT2D eigenvalue weighted by molar-refractivity contribution is 9.10. The first kappa shape index (κ1) is 26.8. The number of Topliss-reactive ketones (excluding diaryl/α,β-unsaturated/α-hetero) is 1. The van der Waals surface area contributed by atoms with Crippen LogP contribution < -0.4 is 0 Å². The molecule has 0 aromatic carbocycles. The van der Waals surface area contributed by atoms with Crippen LogP contribution in [-0.4, -0.2) is 52.1 Å². The van der Waals surface area contributed by atoms with E-state index >= 15 is 0 Å². The molecule has 0 amide bonds. The predicted molar refractivity (Wildman–Crippen MR) is 132 cm³/mol. The molecule has 0 N–H and O–H groups in total. The van der Waals surface area contributed by atoms with Crippen molar-refractivity contribution >= 4 is 45.4 Å². The van der Waals surface area contributed by atoms with Gasteiger partial charge in [-0.2, -0.15) is 0 Å². The maximum atomic E-state index is 13.6. The average molecular weight is 565 g/mol. The minimum atomic E-state index is -1.51. The highest BCUT2D eigenvalue weighted by Crippen LogP contribution is 2.72. The number of allylic oxidation sites excluding steroid dienone is 4. The monoisotopic (exact) mass is 564 g/mol. The zero-order valence-electron chi connectivity index (χ0n) is 21.4. The minimum Gasteiger partial charge on any atom is -0.461 e. The van der Waals surface area contributed by atoms with Crippen LogP contribution in [0.5, 0.6) is 0 Å². The summed E-state index contributed by atoms with van der Waals surface area (Å²) < 4.78 is 16.2. The third-order valence-electron chi connectivity index (χ3n) is 9.22. The average Bonchev–Trinajstić information content (AvgIpc) is 3.05. The minimum absolute atomic E-state index is 0.0560. The fraction of sp³-hybridized carbons (Fsp3) is 0.667. The number of hydrogen-bond acceptors (Lipinski definition) is 8. The van der Waals surface area contributed by atoms with E-state index in [0.29, 0.717) is 19.3 Å². The quantitative estimate of drug-likeness (QED) is 0.281. The number of alkyl halides is 1. The second-order valence-electron chi connectivity index (χ2n) is 11.0. The van der Waals surface area contributed by atoms with Crippen LogP contribution in [0.25, 0.3) is 0 Å². The summed E-state index contributed by atoms with van der Waals surface area (Å²) in [6.45, 7) is 7.32. The number of esters is 3. The van der Waals surface area contributed by atoms with E-state index in [4.69, 9.17) is 14.2 Å². The lowest BCUT2D eigenvalue weighted by molar-refractivity contribution is -0.200. The van der Waals surface area contributed by atoms with E-state index < -0.39 is 57.2 Å². The highest BCUT2D eigenvalue weighted by atomic mass is 79.9. The van der Waals surface area contributed by atoms with Gasteiger partial charge < -0.3 is 14.2 Å². The number of carbonyl (C=O) groups excluding carboxylic acids is 5. The molecule has 3 saturated carbocycles. The SMILES string of the molecule is CC(=O)OCC(=O)[C@@]1(OC(C)=O)CCC2C3CCC4=CC(=O)C=C[C@]4(C)[C@@]3(Br)C(OC(C)=O)C[C@@]21C. The Bertz CT molecular complexity index is 1090. The zero-order valence-corrected chi connectivity index (χ0v) is 22.9. The van der Waals surface area contributed by atoms with Crippen molar-refractivity contribution in [3.05, 3.63) is 23.8 Å². The van der Waals surface area contributed by atoms with E-state index in [2.05, 4.69) is 22.9 Å². The first-order chi connectivity index (χ1) is 16.7. The van der Waals surface area contributed by atoms with Crippen LogP contribution >= 0.6 is 15.9 Å². The molecule has 4 aliphatic carbocycles. The lowest BCUT2D eigenvalue weighted by Gasteiger charge is -2.64. The van der Waals surface area contributed by atoms with Gasteiger partial charge in [0.25, 0.3) is 0 Å². The van der Waals surface area contributed by atoms with Crippen LogP contribution in [0.4, 0.5) is 0 Å². The summed E-state index contributed by atoms with van der Waals surface area (Å²) in [5.41, 5.74) is -2.00. The Balaban J connectivity index is 1.85. The Morgan fingerprint density at radius 2 is 1.72 bits per heavy atom. The summed E-state index contributed by atoms with van der Waals surface area (Å²) in [7, 11) is 0. The van der Waals surface area contributed by atoms with Crippen molar-refractivity contribution in [2.45, 2.75) is 82.8 Å². The van der Waals surface area contributed by atoms with E-state index in [1.54, 1.807) is 12.2 Å². The Morgan fingerprint density at radius 1 is 1.03 bits per heavy atom. The zero-order chi connectivity index (χ0) is 26.7. The number of halogens is 1. The summed E-state index contributed by atoms with van der Waals surface area (Å²) in [4.78, 5) is 62.0. The lowest BCUT2D eigenvalue weighted by Crippen LogP contribution is -2.69. The molecule has 0 spiro atoms. The smallest absolute Gasteiger partial charge is 0.303 e.